The summed E-state index contributed by atoms with van der Waals surface area (Å²) in [5, 5.41) is 3.16. The molecule has 1 unspecified atom stereocenters. The summed E-state index contributed by atoms with van der Waals surface area (Å²) in [7, 11) is 1.99. The summed E-state index contributed by atoms with van der Waals surface area (Å²) in [5.41, 5.74) is 1.83. The fourth-order valence-electron chi connectivity index (χ4n) is 1.41. The van der Waals surface area contributed by atoms with Crippen molar-refractivity contribution in [1.82, 2.24) is 5.32 Å². The van der Waals surface area contributed by atoms with E-state index in [-0.39, 0.29) is 0 Å². The molecule has 0 spiro atoms. The van der Waals surface area contributed by atoms with Crippen LogP contribution in [0.15, 0.2) is 23.8 Å². The van der Waals surface area contributed by atoms with Crippen LogP contribution in [-0.2, 0) is 0 Å². The molecule has 68 valence electrons. The average molecular weight is 165 g/mol. The normalized spacial score (nSPS) is 28.8. The Labute approximate surface area is 75.6 Å². The lowest BCUT2D eigenvalue weighted by Crippen LogP contribution is -2.17. The fraction of sp³-hybridized carbons (Fsp3) is 0.636. The van der Waals surface area contributed by atoms with Gasteiger partial charge in [-0.1, -0.05) is 32.1 Å². The van der Waals surface area contributed by atoms with Crippen molar-refractivity contribution in [2.24, 2.45) is 5.41 Å². The Morgan fingerprint density at radius 1 is 1.58 bits per heavy atom. The molecule has 1 atom stereocenters. The van der Waals surface area contributed by atoms with Crippen molar-refractivity contribution in [1.29, 1.82) is 0 Å². The average Bonchev–Trinajstić information content (AvgIpc) is 2.10. The molecule has 12 heavy (non-hydrogen) atoms. The van der Waals surface area contributed by atoms with E-state index in [1.54, 1.807) is 0 Å². The molecule has 0 bridgehead atoms. The van der Waals surface area contributed by atoms with E-state index in [4.69, 9.17) is 0 Å². The van der Waals surface area contributed by atoms with Gasteiger partial charge in [-0.3, -0.25) is 0 Å². The van der Waals surface area contributed by atoms with Crippen molar-refractivity contribution in [3.05, 3.63) is 23.8 Å². The summed E-state index contributed by atoms with van der Waals surface area (Å²) >= 11 is 0. The van der Waals surface area contributed by atoms with Gasteiger partial charge in [0, 0.05) is 6.54 Å². The second kappa shape index (κ2) is 3.90. The van der Waals surface area contributed by atoms with Gasteiger partial charge in [-0.15, -0.1) is 0 Å². The summed E-state index contributed by atoms with van der Waals surface area (Å²) in [6, 6.07) is 0. The fourth-order valence-corrected chi connectivity index (χ4v) is 1.41. The van der Waals surface area contributed by atoms with Crippen molar-refractivity contribution < 1.29 is 0 Å². The lowest BCUT2D eigenvalue weighted by atomic mass is 9.80. The minimum absolute atomic E-state index is 0.414. The van der Waals surface area contributed by atoms with Crippen LogP contribution in [0.3, 0.4) is 0 Å². The Hall–Kier alpha value is -0.560. The summed E-state index contributed by atoms with van der Waals surface area (Å²) in [5.74, 6) is 0. The van der Waals surface area contributed by atoms with Gasteiger partial charge in [0.15, 0.2) is 0 Å². The Morgan fingerprint density at radius 2 is 2.33 bits per heavy atom. The number of likely N-dealkylation sites (N-methyl/N-ethyl adjacent to an activating group) is 1. The highest BCUT2D eigenvalue weighted by atomic mass is 14.8. The second-order valence-electron chi connectivity index (χ2n) is 3.85. The summed E-state index contributed by atoms with van der Waals surface area (Å²) in [6.07, 6.45) is 9.37. The molecular weight excluding hydrogens is 146 g/mol. The van der Waals surface area contributed by atoms with Crippen LogP contribution in [0.5, 0.6) is 0 Å². The third-order valence-electron chi connectivity index (χ3n) is 2.72. The van der Waals surface area contributed by atoms with Crippen molar-refractivity contribution >= 4 is 0 Å². The molecule has 0 radical (unpaired) electrons. The first kappa shape index (κ1) is 9.53. The Bertz CT molecular complexity index is 203. The summed E-state index contributed by atoms with van der Waals surface area (Å²) < 4.78 is 0. The van der Waals surface area contributed by atoms with Crippen LogP contribution in [0, 0.1) is 5.41 Å². The largest absolute Gasteiger partial charge is 0.316 e. The van der Waals surface area contributed by atoms with Crippen LogP contribution in [0.25, 0.3) is 0 Å². The first-order valence-corrected chi connectivity index (χ1v) is 4.73. The number of nitrogens with one attached hydrogen (secondary N) is 1. The maximum Gasteiger partial charge on any atom is 0.0199 e. The van der Waals surface area contributed by atoms with Gasteiger partial charge in [-0.25, -0.2) is 0 Å². The summed E-state index contributed by atoms with van der Waals surface area (Å²) in [4.78, 5) is 0. The quantitative estimate of drug-likeness (QED) is 0.677. The van der Waals surface area contributed by atoms with E-state index in [2.05, 4.69) is 37.4 Å². The first-order chi connectivity index (χ1) is 5.70. The van der Waals surface area contributed by atoms with Crippen LogP contribution in [0.2, 0.25) is 0 Å². The van der Waals surface area contributed by atoms with Gasteiger partial charge in [0.25, 0.3) is 0 Å². The highest BCUT2D eigenvalue weighted by Crippen LogP contribution is 2.31. The lowest BCUT2D eigenvalue weighted by molar-refractivity contribution is 0.411. The van der Waals surface area contributed by atoms with Gasteiger partial charge in [-0.2, -0.15) is 0 Å². The smallest absolute Gasteiger partial charge is 0.0199 e. The lowest BCUT2D eigenvalue weighted by Gasteiger charge is -2.26. The van der Waals surface area contributed by atoms with Crippen molar-refractivity contribution in [2.45, 2.75) is 26.7 Å². The van der Waals surface area contributed by atoms with Crippen LogP contribution in [-0.4, -0.2) is 13.6 Å². The molecule has 0 aromatic carbocycles. The SMILES string of the molecule is CCC1(C)C=CC(CNC)=CC1. The number of hydrogen-bond acceptors (Lipinski definition) is 1. The van der Waals surface area contributed by atoms with Crippen LogP contribution in [0.4, 0.5) is 0 Å². The zero-order chi connectivity index (χ0) is 9.03. The Morgan fingerprint density at radius 3 is 2.75 bits per heavy atom. The molecule has 0 amide bonds. The number of rotatable bonds is 3. The third-order valence-corrected chi connectivity index (χ3v) is 2.72. The van der Waals surface area contributed by atoms with Crippen molar-refractivity contribution in [2.75, 3.05) is 13.6 Å². The van der Waals surface area contributed by atoms with E-state index in [0.717, 1.165) is 6.54 Å². The van der Waals surface area contributed by atoms with Gasteiger partial charge in [0.1, 0.15) is 0 Å². The third kappa shape index (κ3) is 2.21. The molecule has 1 N–H and O–H groups in total. The van der Waals surface area contributed by atoms with E-state index < -0.39 is 0 Å². The van der Waals surface area contributed by atoms with Gasteiger partial charge in [-0.05, 0) is 30.9 Å². The number of hydrogen-bond donors (Lipinski definition) is 1. The molecule has 1 aliphatic rings. The van der Waals surface area contributed by atoms with Crippen LogP contribution in [0.1, 0.15) is 26.7 Å². The standard InChI is InChI=1S/C11H19N/c1-4-11(2)7-5-10(6-8-11)9-12-3/h5-7,12H,4,8-9H2,1-3H3. The zero-order valence-electron chi connectivity index (χ0n) is 8.35. The molecule has 1 aliphatic carbocycles. The van der Waals surface area contributed by atoms with E-state index in [0.29, 0.717) is 5.41 Å². The predicted octanol–water partition coefficient (Wildman–Crippen LogP) is 2.51. The van der Waals surface area contributed by atoms with Gasteiger partial charge >= 0.3 is 0 Å². The zero-order valence-corrected chi connectivity index (χ0v) is 8.35. The topological polar surface area (TPSA) is 12.0 Å². The minimum Gasteiger partial charge on any atom is -0.316 e. The Balaban J connectivity index is 2.55. The molecule has 0 heterocycles. The molecule has 1 nitrogen and oxygen atoms in total. The molecule has 0 saturated heterocycles. The van der Waals surface area contributed by atoms with E-state index in [1.807, 2.05) is 7.05 Å². The van der Waals surface area contributed by atoms with Crippen molar-refractivity contribution in [3.8, 4) is 0 Å². The molecule has 0 aromatic rings. The maximum absolute atomic E-state index is 3.16. The van der Waals surface area contributed by atoms with Crippen molar-refractivity contribution in [3.63, 3.8) is 0 Å². The molecule has 0 aromatic heterocycles. The van der Waals surface area contributed by atoms with E-state index in [9.17, 15) is 0 Å². The van der Waals surface area contributed by atoms with Crippen LogP contribution < -0.4 is 5.32 Å². The monoisotopic (exact) mass is 165 g/mol. The highest BCUT2D eigenvalue weighted by Gasteiger charge is 2.19. The number of allylic oxidation sites excluding steroid dienone is 2. The molecule has 1 rings (SSSR count). The van der Waals surface area contributed by atoms with E-state index >= 15 is 0 Å². The minimum atomic E-state index is 0.414. The molecule has 0 fully saturated rings. The van der Waals surface area contributed by atoms with E-state index in [1.165, 1.54) is 18.4 Å². The highest BCUT2D eigenvalue weighted by molar-refractivity contribution is 5.27. The van der Waals surface area contributed by atoms with Gasteiger partial charge in [0.05, 0.1) is 0 Å². The second-order valence-corrected chi connectivity index (χ2v) is 3.85. The van der Waals surface area contributed by atoms with Crippen LogP contribution >= 0.6 is 0 Å². The Kier molecular flexibility index (Phi) is 3.10. The van der Waals surface area contributed by atoms with Gasteiger partial charge in [0.2, 0.25) is 0 Å². The molecule has 0 aliphatic heterocycles. The maximum atomic E-state index is 3.16. The van der Waals surface area contributed by atoms with Gasteiger partial charge < -0.3 is 5.32 Å². The predicted molar refractivity (Wildman–Crippen MR) is 54.2 cm³/mol. The molecule has 1 heteroatoms. The first-order valence-electron chi connectivity index (χ1n) is 4.73. The molecular formula is C11H19N. The summed E-state index contributed by atoms with van der Waals surface area (Å²) in [6.45, 7) is 5.56. The molecule has 0 saturated carbocycles.